The minimum Gasteiger partial charge on any atom is -0.363 e. The Morgan fingerprint density at radius 3 is 2.00 bits per heavy atom. The fourth-order valence-electron chi connectivity index (χ4n) is 5.00. The predicted octanol–water partition coefficient (Wildman–Crippen LogP) is 3.56. The van der Waals surface area contributed by atoms with Gasteiger partial charge in [-0.15, -0.1) is 0 Å². The normalized spacial score (nSPS) is 16.7. The summed E-state index contributed by atoms with van der Waals surface area (Å²) in [4.78, 5) is 67.1. The quantitative estimate of drug-likeness (QED) is 0.0757. The number of sulfone groups is 1. The van der Waals surface area contributed by atoms with Crippen LogP contribution in [0.1, 0.15) is 80.2 Å². The zero-order valence-electron chi connectivity index (χ0n) is 29.4. The number of urea groups is 1. The van der Waals surface area contributed by atoms with Crippen LogP contribution in [-0.4, -0.2) is 77.3 Å². The molecule has 0 bridgehead atoms. The monoisotopic (exact) mass is 803 g/mol. The van der Waals surface area contributed by atoms with E-state index in [9.17, 15) is 32.4 Å². The van der Waals surface area contributed by atoms with Gasteiger partial charge in [0.25, 0.3) is 11.8 Å². The summed E-state index contributed by atoms with van der Waals surface area (Å²) in [5, 5.41) is 8.21. The van der Waals surface area contributed by atoms with Gasteiger partial charge in [-0.2, -0.15) is 0 Å². The van der Waals surface area contributed by atoms with Crippen molar-refractivity contribution in [2.45, 2.75) is 103 Å². The molecule has 0 spiro atoms. The summed E-state index contributed by atoms with van der Waals surface area (Å²) in [6, 6.07) is 5.16. The lowest BCUT2D eigenvalue weighted by atomic mass is 9.85. The number of rotatable bonds is 18. The number of carbonyl (C=O) groups excluding carboxylic acids is 5. The van der Waals surface area contributed by atoms with Gasteiger partial charge in [-0.25, -0.2) is 13.2 Å². The number of nitrogens with zero attached hydrogens (tertiary/aromatic N) is 1. The van der Waals surface area contributed by atoms with E-state index >= 15 is 0 Å². The largest absolute Gasteiger partial charge is 0.363 e. The predicted molar refractivity (Wildman–Crippen MR) is 194 cm³/mol. The van der Waals surface area contributed by atoms with Gasteiger partial charge in [0.15, 0.2) is 13.9 Å². The maximum absolute atomic E-state index is 14.4. The molecule has 0 saturated heterocycles. The second kappa shape index (κ2) is 17.8. The molecule has 1 aromatic carbocycles. The number of carbonyl (C=O) groups is 5. The van der Waals surface area contributed by atoms with Crippen molar-refractivity contribution in [2.24, 2.45) is 34.8 Å². The van der Waals surface area contributed by atoms with Crippen molar-refractivity contribution in [1.29, 1.82) is 0 Å². The summed E-state index contributed by atoms with van der Waals surface area (Å²) in [6.45, 7) is 15.1. The van der Waals surface area contributed by atoms with Crippen LogP contribution in [0.3, 0.4) is 0 Å². The van der Waals surface area contributed by atoms with Crippen LogP contribution < -0.4 is 21.7 Å². The van der Waals surface area contributed by atoms with E-state index in [1.54, 1.807) is 51.1 Å². The number of ketones is 1. The minimum atomic E-state index is -3.60. The number of alkyl halides is 1. The highest BCUT2D eigenvalue weighted by molar-refractivity contribution is 14.1. The molecule has 1 aliphatic rings. The molecular weight excluding hydrogens is 749 g/mol. The van der Waals surface area contributed by atoms with Gasteiger partial charge < -0.3 is 26.6 Å². The molecule has 5 atom stereocenters. The Labute approximate surface area is 299 Å². The van der Waals surface area contributed by atoms with Crippen molar-refractivity contribution in [1.82, 2.24) is 20.9 Å². The maximum Gasteiger partial charge on any atom is 0.315 e. The zero-order chi connectivity index (χ0) is 36.6. The third kappa shape index (κ3) is 13.3. The number of benzene rings is 1. The highest BCUT2D eigenvalue weighted by atomic mass is 127. The number of halogens is 1. The summed E-state index contributed by atoms with van der Waals surface area (Å²) < 4.78 is 25.1. The van der Waals surface area contributed by atoms with Crippen molar-refractivity contribution >= 4 is 62.0 Å². The number of nitrogens with two attached hydrogens (primary N) is 1. The molecule has 1 saturated carbocycles. The van der Waals surface area contributed by atoms with Crippen LogP contribution in [-0.2, 0) is 34.8 Å². The Morgan fingerprint density at radius 2 is 1.52 bits per heavy atom. The molecule has 1 aromatic rings. The molecule has 5 amide bonds. The molecule has 1 unspecified atom stereocenters. The maximum atomic E-state index is 14.4. The van der Waals surface area contributed by atoms with Crippen LogP contribution in [0.5, 0.6) is 0 Å². The molecule has 0 aliphatic heterocycles. The molecule has 1 aliphatic carbocycles. The Morgan fingerprint density at radius 1 is 0.938 bits per heavy atom. The second-order valence-electron chi connectivity index (χ2n) is 14.8. The van der Waals surface area contributed by atoms with Crippen molar-refractivity contribution < 1.29 is 32.4 Å². The molecule has 270 valence electrons. The molecule has 48 heavy (non-hydrogen) atoms. The Balaban J connectivity index is 2.30. The first kappa shape index (κ1) is 41.4. The lowest BCUT2D eigenvalue weighted by Crippen LogP contribution is -2.61. The van der Waals surface area contributed by atoms with E-state index < -0.39 is 67.0 Å². The van der Waals surface area contributed by atoms with Gasteiger partial charge in [-0.05, 0) is 63.7 Å². The number of nitrogens with one attached hydrogen (secondary N) is 3. The fraction of sp³-hybridized carbons (Fsp3) is 0.676. The van der Waals surface area contributed by atoms with E-state index in [0.29, 0.717) is 5.56 Å². The molecule has 14 heteroatoms. The molecular formula is C34H54IN5O7S. The third-order valence-corrected chi connectivity index (χ3v) is 11.6. The summed E-state index contributed by atoms with van der Waals surface area (Å²) >= 11 is 1.84. The summed E-state index contributed by atoms with van der Waals surface area (Å²) in [6.07, 6.45) is 2.07. The fourth-order valence-corrected chi connectivity index (χ4v) is 7.52. The summed E-state index contributed by atoms with van der Waals surface area (Å²) in [7, 11) is -3.60. The van der Waals surface area contributed by atoms with Crippen LogP contribution in [0.2, 0.25) is 0 Å². The van der Waals surface area contributed by atoms with E-state index in [2.05, 4.69) is 16.0 Å². The molecule has 12 nitrogen and oxygen atoms in total. The Kier molecular flexibility index (Phi) is 15.3. The van der Waals surface area contributed by atoms with E-state index in [0.717, 1.165) is 12.8 Å². The Hall–Kier alpha value is -2.75. The van der Waals surface area contributed by atoms with E-state index in [4.69, 9.17) is 5.73 Å². The summed E-state index contributed by atoms with van der Waals surface area (Å²) in [5.41, 5.74) is 5.09. The SMILES string of the molecule is CC(C)[C@H](C)CN(C(=O)[C@@H](NC(=O)N[C@H](CS(=O)(=O)Cc1ccccc1)C(C)C)C(C)(C)C)[C@@H](I)C(=O)NC(CC1CC1)C(=O)C(N)=O. The minimum absolute atomic E-state index is 0.0388. The third-order valence-electron chi connectivity index (χ3n) is 8.71. The molecule has 1 fully saturated rings. The van der Waals surface area contributed by atoms with Gasteiger partial charge >= 0.3 is 6.03 Å². The number of amides is 5. The average molecular weight is 804 g/mol. The Bertz CT molecular complexity index is 1390. The van der Waals surface area contributed by atoms with E-state index in [1.165, 1.54) is 4.90 Å². The van der Waals surface area contributed by atoms with Crippen molar-refractivity contribution in [3.63, 3.8) is 0 Å². The highest BCUT2D eigenvalue weighted by Crippen LogP contribution is 2.34. The average Bonchev–Trinajstić information content (AvgIpc) is 3.80. The molecule has 0 aromatic heterocycles. The van der Waals surface area contributed by atoms with Crippen LogP contribution in [0, 0.1) is 29.1 Å². The lowest BCUT2D eigenvalue weighted by molar-refractivity contribution is -0.142. The van der Waals surface area contributed by atoms with Crippen LogP contribution in [0.15, 0.2) is 30.3 Å². The number of primary amides is 1. The van der Waals surface area contributed by atoms with Gasteiger partial charge in [0.1, 0.15) is 6.04 Å². The van der Waals surface area contributed by atoms with E-state index in [-0.39, 0.29) is 48.1 Å². The van der Waals surface area contributed by atoms with Crippen LogP contribution in [0.25, 0.3) is 0 Å². The topological polar surface area (TPSA) is 185 Å². The molecule has 0 radical (unpaired) electrons. The van der Waals surface area contributed by atoms with Gasteiger partial charge in [0, 0.05) is 12.6 Å². The van der Waals surface area contributed by atoms with Crippen LogP contribution >= 0.6 is 22.6 Å². The number of hydrogen-bond donors (Lipinski definition) is 4. The zero-order valence-corrected chi connectivity index (χ0v) is 32.4. The smallest absolute Gasteiger partial charge is 0.315 e. The second-order valence-corrected chi connectivity index (χ2v) is 18.1. The number of hydrogen-bond acceptors (Lipinski definition) is 7. The van der Waals surface area contributed by atoms with Crippen molar-refractivity contribution in [3.05, 3.63) is 35.9 Å². The lowest BCUT2D eigenvalue weighted by Gasteiger charge is -2.38. The number of Topliss-reactive ketones (excluding diaryl/α,β-unsaturated/α-hetero) is 1. The first-order valence-corrected chi connectivity index (χ1v) is 19.6. The van der Waals surface area contributed by atoms with Crippen LogP contribution in [0.4, 0.5) is 4.79 Å². The standard InChI is InChI=1S/C34H54IN5O7S/c1-20(2)22(5)17-40(29(35)31(43)37-25(16-23-14-15-23)27(41)30(36)42)32(44)28(34(6,7)8)39-33(45)38-26(21(3)4)19-48(46,47)18-24-12-10-9-11-13-24/h9-13,20-23,25-26,28-29H,14-19H2,1-8H3,(H2,36,42)(H,37,43)(H2,38,39,45)/t22-,25?,26-,28-,29-/m1/s1. The first-order chi connectivity index (χ1) is 22.1. The summed E-state index contributed by atoms with van der Waals surface area (Å²) in [5.74, 6) is -3.53. The van der Waals surface area contributed by atoms with Gasteiger partial charge in [-0.1, -0.05) is 98.6 Å². The molecule has 5 N–H and O–H groups in total. The molecule has 2 rings (SSSR count). The first-order valence-electron chi connectivity index (χ1n) is 16.5. The van der Waals surface area contributed by atoms with Crippen molar-refractivity contribution in [2.75, 3.05) is 12.3 Å². The van der Waals surface area contributed by atoms with Gasteiger partial charge in [0.05, 0.1) is 17.5 Å². The molecule has 0 heterocycles. The van der Waals surface area contributed by atoms with E-state index in [1.807, 2.05) is 57.2 Å². The van der Waals surface area contributed by atoms with Crippen molar-refractivity contribution in [3.8, 4) is 0 Å². The highest BCUT2D eigenvalue weighted by Gasteiger charge is 2.41. The van der Waals surface area contributed by atoms with Gasteiger partial charge in [-0.3, -0.25) is 19.2 Å². The van der Waals surface area contributed by atoms with Gasteiger partial charge in [0.2, 0.25) is 11.7 Å².